The summed E-state index contributed by atoms with van der Waals surface area (Å²) in [4.78, 5) is 13.7. The normalized spacial score (nSPS) is 14.7. The molecule has 0 spiro atoms. The van der Waals surface area contributed by atoms with Crippen LogP contribution in [-0.2, 0) is 22.6 Å². The van der Waals surface area contributed by atoms with E-state index in [9.17, 15) is 4.79 Å². The number of benzene rings is 2. The van der Waals surface area contributed by atoms with E-state index < -0.39 is 0 Å². The van der Waals surface area contributed by atoms with Gasteiger partial charge in [-0.15, -0.1) is 0 Å². The number of nitrogens with one attached hydrogen (secondary N) is 2. The van der Waals surface area contributed by atoms with Gasteiger partial charge in [-0.05, 0) is 24.6 Å². The van der Waals surface area contributed by atoms with Gasteiger partial charge in [0.15, 0.2) is 0 Å². The zero-order valence-corrected chi connectivity index (χ0v) is 16.0. The summed E-state index contributed by atoms with van der Waals surface area (Å²) in [6.07, 6.45) is 0.352. The Balaban J connectivity index is 1.43. The van der Waals surface area contributed by atoms with Gasteiger partial charge in [-0.25, -0.2) is 0 Å². The zero-order chi connectivity index (χ0) is 18.9. The highest BCUT2D eigenvalue weighted by atomic mass is 16.5. The van der Waals surface area contributed by atoms with Crippen LogP contribution in [0.25, 0.3) is 0 Å². The number of ether oxygens (including phenoxy) is 2. The van der Waals surface area contributed by atoms with Crippen LogP contribution >= 0.6 is 0 Å². The van der Waals surface area contributed by atoms with E-state index in [1.54, 1.807) is 0 Å². The number of quaternary nitrogens is 1. The molecule has 27 heavy (non-hydrogen) atoms. The Labute approximate surface area is 161 Å². The number of morpholine rings is 1. The summed E-state index contributed by atoms with van der Waals surface area (Å²) in [6, 6.07) is 16.2. The van der Waals surface area contributed by atoms with Gasteiger partial charge in [-0.1, -0.05) is 42.0 Å². The molecular weight excluding hydrogens is 340 g/mol. The van der Waals surface area contributed by atoms with Crippen molar-refractivity contribution in [2.45, 2.75) is 26.4 Å². The van der Waals surface area contributed by atoms with Crippen molar-refractivity contribution in [3.05, 3.63) is 65.2 Å². The van der Waals surface area contributed by atoms with Gasteiger partial charge in [-0.3, -0.25) is 4.79 Å². The Hall–Kier alpha value is -2.37. The smallest absolute Gasteiger partial charge is 0.223 e. The second-order valence-electron chi connectivity index (χ2n) is 7.00. The fraction of sp³-hybridized carbons (Fsp3) is 0.409. The number of amides is 1. The van der Waals surface area contributed by atoms with Gasteiger partial charge in [0.2, 0.25) is 5.91 Å². The highest BCUT2D eigenvalue weighted by Crippen LogP contribution is 2.11. The predicted octanol–water partition coefficient (Wildman–Crippen LogP) is 1.50. The van der Waals surface area contributed by atoms with Gasteiger partial charge in [-0.2, -0.15) is 0 Å². The third-order valence-electron chi connectivity index (χ3n) is 4.85. The molecule has 1 saturated heterocycles. The van der Waals surface area contributed by atoms with Crippen LogP contribution in [0.4, 0.5) is 0 Å². The van der Waals surface area contributed by atoms with Gasteiger partial charge in [0.05, 0.1) is 26.2 Å². The van der Waals surface area contributed by atoms with E-state index in [2.05, 4.69) is 23.5 Å². The molecule has 1 fully saturated rings. The molecule has 2 N–H and O–H groups in total. The quantitative estimate of drug-likeness (QED) is 0.741. The maximum absolute atomic E-state index is 12.1. The Bertz CT molecular complexity index is 725. The van der Waals surface area contributed by atoms with Gasteiger partial charge in [0.25, 0.3) is 0 Å². The molecule has 1 amide bonds. The second kappa shape index (κ2) is 10.1. The maximum atomic E-state index is 12.1. The molecule has 0 aromatic heterocycles. The molecule has 1 aliphatic rings. The van der Waals surface area contributed by atoms with Crippen molar-refractivity contribution < 1.29 is 19.2 Å². The third-order valence-corrected chi connectivity index (χ3v) is 4.85. The van der Waals surface area contributed by atoms with Crippen molar-refractivity contribution in [3.63, 3.8) is 0 Å². The first-order chi connectivity index (χ1) is 13.2. The molecule has 0 atom stereocenters. The van der Waals surface area contributed by atoms with Crippen LogP contribution in [0.5, 0.6) is 5.75 Å². The fourth-order valence-corrected chi connectivity index (χ4v) is 3.19. The average molecular weight is 369 g/mol. The monoisotopic (exact) mass is 369 g/mol. The van der Waals surface area contributed by atoms with E-state index in [1.165, 1.54) is 21.6 Å². The summed E-state index contributed by atoms with van der Waals surface area (Å²) < 4.78 is 11.1. The molecule has 5 nitrogen and oxygen atoms in total. The molecule has 1 heterocycles. The Morgan fingerprint density at radius 2 is 1.78 bits per heavy atom. The molecule has 5 heteroatoms. The third kappa shape index (κ3) is 6.38. The van der Waals surface area contributed by atoms with Crippen molar-refractivity contribution >= 4 is 5.91 Å². The first kappa shape index (κ1) is 19.4. The minimum atomic E-state index is 0.00985. The molecule has 0 radical (unpaired) electrons. The largest absolute Gasteiger partial charge is 0.493 e. The van der Waals surface area contributed by atoms with Crippen molar-refractivity contribution in [2.75, 3.05) is 32.9 Å². The highest BCUT2D eigenvalue weighted by Gasteiger charge is 2.16. The van der Waals surface area contributed by atoms with Gasteiger partial charge in [0, 0.05) is 12.1 Å². The number of hydrogen-bond donors (Lipinski definition) is 2. The van der Waals surface area contributed by atoms with Gasteiger partial charge >= 0.3 is 0 Å². The summed E-state index contributed by atoms with van der Waals surface area (Å²) >= 11 is 0. The molecule has 2 aromatic carbocycles. The highest BCUT2D eigenvalue weighted by molar-refractivity contribution is 5.76. The van der Waals surface area contributed by atoms with Gasteiger partial charge in [0.1, 0.15) is 25.4 Å². The molecule has 2 aromatic rings. The van der Waals surface area contributed by atoms with Gasteiger partial charge < -0.3 is 19.7 Å². The summed E-state index contributed by atoms with van der Waals surface area (Å²) in [7, 11) is 0. The number of hydrogen-bond acceptors (Lipinski definition) is 3. The molecule has 3 rings (SSSR count). The minimum absolute atomic E-state index is 0.00985. The summed E-state index contributed by atoms with van der Waals surface area (Å²) in [5, 5.41) is 3.02. The van der Waals surface area contributed by atoms with Crippen LogP contribution in [0.3, 0.4) is 0 Å². The van der Waals surface area contributed by atoms with E-state index >= 15 is 0 Å². The lowest BCUT2D eigenvalue weighted by Crippen LogP contribution is -3.12. The lowest BCUT2D eigenvalue weighted by Gasteiger charge is -2.24. The zero-order valence-electron chi connectivity index (χ0n) is 16.0. The standard InChI is InChI=1S/C22H28N2O3/c1-18-6-8-21(9-7-18)27-13-10-22(25)23-16-19-4-2-3-5-20(19)17-24-11-14-26-15-12-24/h2-9H,10-17H2,1H3,(H,23,25)/p+1. The van der Waals surface area contributed by atoms with Crippen LogP contribution in [0.1, 0.15) is 23.1 Å². The first-order valence-electron chi connectivity index (χ1n) is 9.65. The molecular formula is C22H29N2O3+. The maximum Gasteiger partial charge on any atom is 0.223 e. The van der Waals surface area contributed by atoms with E-state index in [-0.39, 0.29) is 5.91 Å². The fourth-order valence-electron chi connectivity index (χ4n) is 3.19. The van der Waals surface area contributed by atoms with Crippen molar-refractivity contribution in [2.24, 2.45) is 0 Å². The number of rotatable bonds is 8. The van der Waals surface area contributed by atoms with E-state index in [0.29, 0.717) is 19.6 Å². The SMILES string of the molecule is Cc1ccc(OCCC(=O)NCc2ccccc2C[NH+]2CCOCC2)cc1. The van der Waals surface area contributed by atoms with Crippen LogP contribution in [0.15, 0.2) is 48.5 Å². The summed E-state index contributed by atoms with van der Waals surface area (Å²) in [6.45, 7) is 7.69. The number of carbonyl (C=O) groups excluding carboxylic acids is 1. The van der Waals surface area contributed by atoms with Crippen molar-refractivity contribution in [3.8, 4) is 5.75 Å². The lowest BCUT2D eigenvalue weighted by atomic mass is 10.1. The van der Waals surface area contributed by atoms with Crippen LogP contribution in [-0.4, -0.2) is 38.8 Å². The van der Waals surface area contributed by atoms with Crippen LogP contribution < -0.4 is 15.0 Å². The molecule has 0 aliphatic carbocycles. The topological polar surface area (TPSA) is 52.0 Å². The van der Waals surface area contributed by atoms with Crippen molar-refractivity contribution in [1.29, 1.82) is 0 Å². The predicted molar refractivity (Wildman–Crippen MR) is 105 cm³/mol. The van der Waals surface area contributed by atoms with E-state index in [1.807, 2.05) is 37.3 Å². The molecule has 0 bridgehead atoms. The molecule has 0 unspecified atom stereocenters. The van der Waals surface area contributed by atoms with Crippen LogP contribution in [0, 0.1) is 6.92 Å². The van der Waals surface area contributed by atoms with E-state index in [4.69, 9.17) is 9.47 Å². The number of carbonyl (C=O) groups is 1. The minimum Gasteiger partial charge on any atom is -0.493 e. The summed E-state index contributed by atoms with van der Waals surface area (Å²) in [5.41, 5.74) is 3.67. The van der Waals surface area contributed by atoms with Crippen LogP contribution in [0.2, 0.25) is 0 Å². The van der Waals surface area contributed by atoms with Crippen molar-refractivity contribution in [1.82, 2.24) is 5.32 Å². The Kier molecular flexibility index (Phi) is 7.25. The Morgan fingerprint density at radius 1 is 1.07 bits per heavy atom. The lowest BCUT2D eigenvalue weighted by molar-refractivity contribution is -0.921. The summed E-state index contributed by atoms with van der Waals surface area (Å²) in [5.74, 6) is 0.808. The van der Waals surface area contributed by atoms with E-state index in [0.717, 1.165) is 38.6 Å². The number of aryl methyl sites for hydroxylation is 1. The molecule has 0 saturated carbocycles. The Morgan fingerprint density at radius 3 is 2.52 bits per heavy atom. The molecule has 1 aliphatic heterocycles. The second-order valence-corrected chi connectivity index (χ2v) is 7.00. The molecule has 144 valence electrons. The first-order valence-corrected chi connectivity index (χ1v) is 9.65. The average Bonchev–Trinajstić information content (AvgIpc) is 2.70.